The van der Waals surface area contributed by atoms with Gasteiger partial charge in [0.05, 0.1) is 0 Å². The highest BCUT2D eigenvalue weighted by atomic mass is 16.1. The Morgan fingerprint density at radius 3 is 2.77 bits per heavy atom. The lowest BCUT2D eigenvalue weighted by Crippen LogP contribution is -2.45. The Morgan fingerprint density at radius 2 is 2.00 bits per heavy atom. The Balaban J connectivity index is 1.50. The molecular weight excluding hydrogens is 272 g/mol. The van der Waals surface area contributed by atoms with E-state index in [-0.39, 0.29) is 5.91 Å². The van der Waals surface area contributed by atoms with E-state index in [1.54, 1.807) is 6.08 Å². The molecule has 3 heteroatoms. The third-order valence-electron chi connectivity index (χ3n) is 5.05. The van der Waals surface area contributed by atoms with E-state index in [0.717, 1.165) is 19.5 Å². The zero-order valence-corrected chi connectivity index (χ0v) is 13.4. The molecule has 1 aromatic carbocycles. The summed E-state index contributed by atoms with van der Waals surface area (Å²) in [5, 5.41) is 3.07. The van der Waals surface area contributed by atoms with Crippen LogP contribution in [0.15, 0.2) is 36.4 Å². The van der Waals surface area contributed by atoms with Crippen LogP contribution < -0.4 is 5.32 Å². The van der Waals surface area contributed by atoms with Gasteiger partial charge in [0.1, 0.15) is 0 Å². The minimum Gasteiger partial charge on any atom is -0.351 e. The van der Waals surface area contributed by atoms with E-state index in [9.17, 15) is 4.79 Å². The second-order valence-corrected chi connectivity index (χ2v) is 6.69. The predicted octanol–water partition coefficient (Wildman–Crippen LogP) is 2.91. The molecule has 0 unspecified atom stereocenters. The maximum absolute atomic E-state index is 12.0. The van der Waals surface area contributed by atoms with E-state index in [2.05, 4.69) is 47.6 Å². The van der Waals surface area contributed by atoms with Gasteiger partial charge in [-0.05, 0) is 49.4 Å². The molecule has 1 aliphatic heterocycles. The zero-order chi connectivity index (χ0) is 15.4. The second kappa shape index (κ2) is 7.10. The van der Waals surface area contributed by atoms with Gasteiger partial charge in [0.15, 0.2) is 0 Å². The number of rotatable bonds is 4. The molecule has 1 saturated carbocycles. The normalized spacial score (nSPS) is 22.9. The summed E-state index contributed by atoms with van der Waals surface area (Å²) in [5.74, 6) is 0.675. The fraction of sp³-hybridized carbons (Fsp3) is 0.526. The lowest BCUT2D eigenvalue weighted by Gasteiger charge is -2.34. The summed E-state index contributed by atoms with van der Waals surface area (Å²) in [4.78, 5) is 14.3. The number of hydrogen-bond acceptors (Lipinski definition) is 2. The van der Waals surface area contributed by atoms with Crippen molar-refractivity contribution in [2.45, 2.75) is 44.7 Å². The Hall–Kier alpha value is -1.61. The Kier molecular flexibility index (Phi) is 4.94. The number of nitrogens with zero attached hydrogens (tertiary/aromatic N) is 1. The van der Waals surface area contributed by atoms with Crippen LogP contribution in [-0.2, 0) is 17.8 Å². The van der Waals surface area contributed by atoms with Crippen molar-refractivity contribution >= 4 is 5.91 Å². The van der Waals surface area contributed by atoms with Crippen LogP contribution in [-0.4, -0.2) is 30.4 Å². The van der Waals surface area contributed by atoms with Gasteiger partial charge in [-0.25, -0.2) is 0 Å². The van der Waals surface area contributed by atoms with Gasteiger partial charge in [0.25, 0.3) is 0 Å². The summed E-state index contributed by atoms with van der Waals surface area (Å²) in [5.41, 5.74) is 2.83. The monoisotopic (exact) mass is 298 g/mol. The summed E-state index contributed by atoms with van der Waals surface area (Å²) in [6.07, 6.45) is 9.96. The minimum absolute atomic E-state index is 0.0548. The fourth-order valence-electron chi connectivity index (χ4n) is 3.60. The van der Waals surface area contributed by atoms with E-state index in [1.165, 1.54) is 36.8 Å². The molecule has 1 aromatic rings. The highest BCUT2D eigenvalue weighted by Gasteiger charge is 2.23. The molecule has 22 heavy (non-hydrogen) atoms. The average Bonchev–Trinajstić information content (AvgIpc) is 3.04. The first-order chi connectivity index (χ1) is 10.7. The van der Waals surface area contributed by atoms with Gasteiger partial charge >= 0.3 is 0 Å². The van der Waals surface area contributed by atoms with Crippen LogP contribution in [0, 0.1) is 5.92 Å². The molecule has 0 radical (unpaired) electrons. The zero-order valence-electron chi connectivity index (χ0n) is 13.4. The van der Waals surface area contributed by atoms with E-state index >= 15 is 0 Å². The first kappa shape index (κ1) is 15.3. The number of benzene rings is 1. The van der Waals surface area contributed by atoms with E-state index in [1.807, 2.05) is 0 Å². The maximum atomic E-state index is 12.0. The van der Waals surface area contributed by atoms with Crippen LogP contribution >= 0.6 is 0 Å². The van der Waals surface area contributed by atoms with Gasteiger partial charge in [-0.15, -0.1) is 0 Å². The number of fused-ring (bicyclic) bond motifs is 1. The molecule has 118 valence electrons. The number of carbonyl (C=O) groups excluding carboxylic acids is 1. The fourth-order valence-corrected chi connectivity index (χ4v) is 3.60. The Labute approximate surface area is 133 Å². The first-order valence-electron chi connectivity index (χ1n) is 8.45. The van der Waals surface area contributed by atoms with Crippen LogP contribution in [0.2, 0.25) is 0 Å². The second-order valence-electron chi connectivity index (χ2n) is 6.69. The predicted molar refractivity (Wildman–Crippen MR) is 89.5 cm³/mol. The van der Waals surface area contributed by atoms with Gasteiger partial charge in [-0.2, -0.15) is 0 Å². The van der Waals surface area contributed by atoms with Gasteiger partial charge in [0, 0.05) is 19.1 Å². The molecule has 1 fully saturated rings. The SMILES string of the molecule is CN1Cc2ccccc2C[C@H]1CNC(=O)C=CC1CCCC1. The molecule has 0 aromatic heterocycles. The molecule has 0 spiro atoms. The molecule has 1 amide bonds. The summed E-state index contributed by atoms with van der Waals surface area (Å²) >= 11 is 0. The van der Waals surface area contributed by atoms with E-state index in [0.29, 0.717) is 12.0 Å². The third kappa shape index (κ3) is 3.77. The molecular formula is C19H26N2O. The number of hydrogen-bond donors (Lipinski definition) is 1. The standard InChI is InChI=1S/C19H26N2O/c1-21-14-17-9-5-4-8-16(17)12-18(21)13-20-19(22)11-10-15-6-2-3-7-15/h4-5,8-11,15,18H,2-3,6-7,12-14H2,1H3,(H,20,22)/t18-/m0/s1. The van der Waals surface area contributed by atoms with Crippen molar-refractivity contribution in [3.05, 3.63) is 47.5 Å². The minimum atomic E-state index is 0.0548. The molecule has 3 nitrogen and oxygen atoms in total. The van der Waals surface area contributed by atoms with Crippen molar-refractivity contribution in [3.8, 4) is 0 Å². The van der Waals surface area contributed by atoms with Crippen LogP contribution in [0.1, 0.15) is 36.8 Å². The average molecular weight is 298 g/mol. The van der Waals surface area contributed by atoms with Crippen molar-refractivity contribution in [1.29, 1.82) is 0 Å². The molecule has 1 atom stereocenters. The van der Waals surface area contributed by atoms with Crippen molar-refractivity contribution in [2.24, 2.45) is 5.92 Å². The lowest BCUT2D eigenvalue weighted by atomic mass is 9.94. The van der Waals surface area contributed by atoms with Crippen molar-refractivity contribution in [1.82, 2.24) is 10.2 Å². The van der Waals surface area contributed by atoms with Crippen LogP contribution in [0.3, 0.4) is 0 Å². The van der Waals surface area contributed by atoms with Crippen LogP contribution in [0.5, 0.6) is 0 Å². The van der Waals surface area contributed by atoms with Crippen molar-refractivity contribution in [3.63, 3.8) is 0 Å². The summed E-state index contributed by atoms with van der Waals surface area (Å²) < 4.78 is 0. The lowest BCUT2D eigenvalue weighted by molar-refractivity contribution is -0.116. The number of allylic oxidation sites excluding steroid dienone is 1. The molecule has 1 heterocycles. The maximum Gasteiger partial charge on any atom is 0.243 e. The summed E-state index contributed by atoms with van der Waals surface area (Å²) in [7, 11) is 2.14. The quantitative estimate of drug-likeness (QED) is 0.867. The van der Waals surface area contributed by atoms with E-state index < -0.39 is 0 Å². The third-order valence-corrected chi connectivity index (χ3v) is 5.05. The number of carbonyl (C=O) groups is 1. The molecule has 3 rings (SSSR count). The smallest absolute Gasteiger partial charge is 0.243 e. The topological polar surface area (TPSA) is 32.3 Å². The van der Waals surface area contributed by atoms with Gasteiger partial charge in [0.2, 0.25) is 5.91 Å². The molecule has 0 saturated heterocycles. The summed E-state index contributed by atoms with van der Waals surface area (Å²) in [6.45, 7) is 1.69. The molecule has 1 aliphatic carbocycles. The highest BCUT2D eigenvalue weighted by molar-refractivity contribution is 5.87. The van der Waals surface area contributed by atoms with Gasteiger partial charge in [-0.3, -0.25) is 9.69 Å². The first-order valence-corrected chi connectivity index (χ1v) is 8.45. The Bertz CT molecular complexity index is 546. The van der Waals surface area contributed by atoms with Crippen molar-refractivity contribution in [2.75, 3.05) is 13.6 Å². The number of nitrogens with one attached hydrogen (secondary N) is 1. The molecule has 1 N–H and O–H groups in total. The summed E-state index contributed by atoms with van der Waals surface area (Å²) in [6, 6.07) is 8.99. The number of likely N-dealkylation sites (N-methyl/N-ethyl adjacent to an activating group) is 1. The van der Waals surface area contributed by atoms with Gasteiger partial charge in [-0.1, -0.05) is 43.2 Å². The molecule has 0 bridgehead atoms. The van der Waals surface area contributed by atoms with E-state index in [4.69, 9.17) is 0 Å². The van der Waals surface area contributed by atoms with Crippen LogP contribution in [0.4, 0.5) is 0 Å². The van der Waals surface area contributed by atoms with Crippen LogP contribution in [0.25, 0.3) is 0 Å². The Morgan fingerprint density at radius 1 is 1.27 bits per heavy atom. The largest absolute Gasteiger partial charge is 0.351 e. The molecule has 2 aliphatic rings. The van der Waals surface area contributed by atoms with Crippen molar-refractivity contribution < 1.29 is 4.79 Å². The highest BCUT2D eigenvalue weighted by Crippen LogP contribution is 2.25. The number of amides is 1. The van der Waals surface area contributed by atoms with Gasteiger partial charge < -0.3 is 5.32 Å².